The van der Waals surface area contributed by atoms with Gasteiger partial charge in [-0.1, -0.05) is 6.08 Å². The van der Waals surface area contributed by atoms with E-state index in [1.807, 2.05) is 30.2 Å². The van der Waals surface area contributed by atoms with Crippen LogP contribution in [-0.4, -0.2) is 15.6 Å². The third-order valence-corrected chi connectivity index (χ3v) is 2.07. The van der Waals surface area contributed by atoms with Gasteiger partial charge >= 0.3 is 0 Å². The Balaban J connectivity index is 2.34. The molecule has 1 N–H and O–H groups in total. The molecule has 3 nitrogen and oxygen atoms in total. The van der Waals surface area contributed by atoms with Gasteiger partial charge in [0.15, 0.2) is 0 Å². The van der Waals surface area contributed by atoms with Crippen molar-refractivity contribution in [2.45, 2.75) is 25.9 Å². The molecule has 0 amide bonds. The molecule has 0 aliphatic heterocycles. The number of hydrogen-bond donors (Lipinski definition) is 1. The molecule has 0 spiro atoms. The Bertz CT molecular complexity index is 265. The third kappa shape index (κ3) is 3.03. The van der Waals surface area contributed by atoms with Gasteiger partial charge in [-0.05, 0) is 13.3 Å². The van der Waals surface area contributed by atoms with E-state index in [1.54, 1.807) is 0 Å². The summed E-state index contributed by atoms with van der Waals surface area (Å²) in [6.45, 7) is 6.72. The molecule has 0 aliphatic carbocycles. The summed E-state index contributed by atoms with van der Waals surface area (Å²) in [7, 11) is 2.00. The van der Waals surface area contributed by atoms with Gasteiger partial charge in [0, 0.05) is 25.8 Å². The predicted octanol–water partition coefficient (Wildman–Crippen LogP) is 1.47. The second-order valence-corrected chi connectivity index (χ2v) is 3.30. The second kappa shape index (κ2) is 4.82. The fourth-order valence-corrected chi connectivity index (χ4v) is 1.17. The number of rotatable bonds is 5. The molecular formula is C10H17N3. The van der Waals surface area contributed by atoms with E-state index in [2.05, 4.69) is 23.8 Å². The topological polar surface area (TPSA) is 29.9 Å². The normalized spacial score (nSPS) is 12.8. The molecule has 0 saturated heterocycles. The molecule has 72 valence electrons. The fourth-order valence-electron chi connectivity index (χ4n) is 1.17. The summed E-state index contributed by atoms with van der Waals surface area (Å²) < 4.78 is 2.02. The SMILES string of the molecule is C=CCC(C)NCc1cncn1C. The molecule has 1 aromatic rings. The van der Waals surface area contributed by atoms with Crippen molar-refractivity contribution in [3.05, 3.63) is 30.9 Å². The Labute approximate surface area is 79.5 Å². The van der Waals surface area contributed by atoms with Crippen LogP contribution in [0.25, 0.3) is 0 Å². The van der Waals surface area contributed by atoms with E-state index in [4.69, 9.17) is 0 Å². The van der Waals surface area contributed by atoms with Crippen molar-refractivity contribution in [1.82, 2.24) is 14.9 Å². The summed E-state index contributed by atoms with van der Waals surface area (Å²) in [6.07, 6.45) is 6.63. The van der Waals surface area contributed by atoms with E-state index in [1.165, 1.54) is 5.69 Å². The molecule has 0 aliphatic rings. The summed E-state index contributed by atoms with van der Waals surface area (Å²) >= 11 is 0. The molecule has 1 aromatic heterocycles. The number of hydrogen-bond acceptors (Lipinski definition) is 2. The van der Waals surface area contributed by atoms with E-state index >= 15 is 0 Å². The zero-order chi connectivity index (χ0) is 9.68. The molecule has 0 bridgehead atoms. The Morgan fingerprint density at radius 1 is 1.77 bits per heavy atom. The van der Waals surface area contributed by atoms with Gasteiger partial charge in [0.25, 0.3) is 0 Å². The van der Waals surface area contributed by atoms with E-state index in [0.717, 1.165) is 13.0 Å². The zero-order valence-corrected chi connectivity index (χ0v) is 8.33. The molecule has 1 rings (SSSR count). The van der Waals surface area contributed by atoms with Gasteiger partial charge in [0.2, 0.25) is 0 Å². The van der Waals surface area contributed by atoms with Crippen molar-refractivity contribution in [1.29, 1.82) is 0 Å². The van der Waals surface area contributed by atoms with Crippen LogP contribution in [0.3, 0.4) is 0 Å². The Morgan fingerprint density at radius 2 is 2.54 bits per heavy atom. The molecular weight excluding hydrogens is 162 g/mol. The maximum atomic E-state index is 4.05. The van der Waals surface area contributed by atoms with Crippen LogP contribution in [0, 0.1) is 0 Å². The molecule has 0 saturated carbocycles. The Hall–Kier alpha value is -1.09. The number of nitrogens with one attached hydrogen (secondary N) is 1. The van der Waals surface area contributed by atoms with Gasteiger partial charge in [-0.15, -0.1) is 6.58 Å². The van der Waals surface area contributed by atoms with Gasteiger partial charge in [0.1, 0.15) is 0 Å². The lowest BCUT2D eigenvalue weighted by molar-refractivity contribution is 0.540. The number of imidazole rings is 1. The molecule has 1 heterocycles. The highest BCUT2D eigenvalue weighted by Crippen LogP contribution is 1.97. The average molecular weight is 179 g/mol. The highest BCUT2D eigenvalue weighted by molar-refractivity contribution is 4.97. The van der Waals surface area contributed by atoms with Crippen LogP contribution >= 0.6 is 0 Å². The van der Waals surface area contributed by atoms with Gasteiger partial charge in [0.05, 0.1) is 12.0 Å². The van der Waals surface area contributed by atoms with Crippen LogP contribution in [0.5, 0.6) is 0 Å². The van der Waals surface area contributed by atoms with Crippen molar-refractivity contribution in [3.63, 3.8) is 0 Å². The molecule has 0 fully saturated rings. The van der Waals surface area contributed by atoms with Crippen molar-refractivity contribution >= 4 is 0 Å². The highest BCUT2D eigenvalue weighted by Gasteiger charge is 2.00. The average Bonchev–Trinajstić information content (AvgIpc) is 2.48. The van der Waals surface area contributed by atoms with Crippen LogP contribution < -0.4 is 5.32 Å². The van der Waals surface area contributed by atoms with Crippen molar-refractivity contribution in [2.75, 3.05) is 0 Å². The monoisotopic (exact) mass is 179 g/mol. The van der Waals surface area contributed by atoms with Crippen LogP contribution in [0.15, 0.2) is 25.2 Å². The maximum absolute atomic E-state index is 4.05. The van der Waals surface area contributed by atoms with E-state index in [0.29, 0.717) is 6.04 Å². The molecule has 13 heavy (non-hydrogen) atoms. The summed E-state index contributed by atoms with van der Waals surface area (Å²) in [5, 5.41) is 3.39. The number of aryl methyl sites for hydroxylation is 1. The number of aromatic nitrogens is 2. The molecule has 0 aromatic carbocycles. The van der Waals surface area contributed by atoms with E-state index < -0.39 is 0 Å². The van der Waals surface area contributed by atoms with Crippen LogP contribution in [-0.2, 0) is 13.6 Å². The van der Waals surface area contributed by atoms with Crippen LogP contribution in [0.1, 0.15) is 19.0 Å². The van der Waals surface area contributed by atoms with Gasteiger partial charge in [-0.3, -0.25) is 0 Å². The predicted molar refractivity (Wildman–Crippen MR) is 54.3 cm³/mol. The smallest absolute Gasteiger partial charge is 0.0945 e. The molecule has 0 radical (unpaired) electrons. The molecule has 1 atom stereocenters. The first-order chi connectivity index (χ1) is 6.24. The van der Waals surface area contributed by atoms with Crippen molar-refractivity contribution in [2.24, 2.45) is 7.05 Å². The third-order valence-electron chi connectivity index (χ3n) is 2.07. The molecule has 1 unspecified atom stereocenters. The fraction of sp³-hybridized carbons (Fsp3) is 0.500. The first-order valence-corrected chi connectivity index (χ1v) is 4.53. The van der Waals surface area contributed by atoms with Crippen molar-refractivity contribution in [3.8, 4) is 0 Å². The summed E-state index contributed by atoms with van der Waals surface area (Å²) in [5.41, 5.74) is 1.20. The van der Waals surface area contributed by atoms with Crippen LogP contribution in [0.4, 0.5) is 0 Å². The van der Waals surface area contributed by atoms with Gasteiger partial charge in [-0.2, -0.15) is 0 Å². The first kappa shape index (κ1) is 9.99. The quantitative estimate of drug-likeness (QED) is 0.694. The number of nitrogens with zero attached hydrogens (tertiary/aromatic N) is 2. The lowest BCUT2D eigenvalue weighted by Crippen LogP contribution is -2.25. The lowest BCUT2D eigenvalue weighted by atomic mass is 10.2. The lowest BCUT2D eigenvalue weighted by Gasteiger charge is -2.11. The van der Waals surface area contributed by atoms with Crippen molar-refractivity contribution < 1.29 is 0 Å². The minimum absolute atomic E-state index is 0.479. The van der Waals surface area contributed by atoms with Crippen LogP contribution in [0.2, 0.25) is 0 Å². The first-order valence-electron chi connectivity index (χ1n) is 4.53. The highest BCUT2D eigenvalue weighted by atomic mass is 15.0. The summed E-state index contributed by atoms with van der Waals surface area (Å²) in [5.74, 6) is 0. The Morgan fingerprint density at radius 3 is 3.08 bits per heavy atom. The van der Waals surface area contributed by atoms with Gasteiger partial charge < -0.3 is 9.88 Å². The van der Waals surface area contributed by atoms with E-state index in [9.17, 15) is 0 Å². The zero-order valence-electron chi connectivity index (χ0n) is 8.33. The van der Waals surface area contributed by atoms with E-state index in [-0.39, 0.29) is 0 Å². The largest absolute Gasteiger partial charge is 0.337 e. The minimum atomic E-state index is 0.479. The standard InChI is InChI=1S/C10H17N3/c1-4-5-9(2)12-7-10-6-11-8-13(10)3/h4,6,8-9,12H,1,5,7H2,2-3H3. The molecule has 3 heteroatoms. The summed E-state index contributed by atoms with van der Waals surface area (Å²) in [6, 6.07) is 0.479. The second-order valence-electron chi connectivity index (χ2n) is 3.30. The minimum Gasteiger partial charge on any atom is -0.337 e. The van der Waals surface area contributed by atoms with Gasteiger partial charge in [-0.25, -0.2) is 4.98 Å². The summed E-state index contributed by atoms with van der Waals surface area (Å²) in [4.78, 5) is 4.05. The maximum Gasteiger partial charge on any atom is 0.0945 e. The Kier molecular flexibility index (Phi) is 3.71.